The fourth-order valence-electron chi connectivity index (χ4n) is 2.92. The number of halogens is 1. The molecule has 3 rings (SSSR count). The van der Waals surface area contributed by atoms with Crippen molar-refractivity contribution in [2.75, 3.05) is 29.5 Å². The van der Waals surface area contributed by atoms with Gasteiger partial charge in [-0.3, -0.25) is 5.10 Å². The van der Waals surface area contributed by atoms with Crippen molar-refractivity contribution >= 4 is 39.1 Å². The summed E-state index contributed by atoms with van der Waals surface area (Å²) in [7, 11) is -3.20. The van der Waals surface area contributed by atoms with Crippen LogP contribution in [0.1, 0.15) is 25.5 Å². The Balaban J connectivity index is 1.70. The predicted molar refractivity (Wildman–Crippen MR) is 101 cm³/mol. The highest BCUT2D eigenvalue weighted by molar-refractivity contribution is 7.89. The Bertz CT molecular complexity index is 871. The molecule has 0 spiro atoms. The zero-order valence-corrected chi connectivity index (χ0v) is 16.2. The Morgan fingerprint density at radius 3 is 2.96 bits per heavy atom. The van der Waals surface area contributed by atoms with Crippen LogP contribution in [0, 0.1) is 6.92 Å². The zero-order chi connectivity index (χ0) is 18.7. The molecule has 0 amide bonds. The van der Waals surface area contributed by atoms with Gasteiger partial charge in [-0.15, -0.1) is 0 Å². The smallest absolute Gasteiger partial charge is 0.229 e. The molecule has 2 aromatic heterocycles. The molecule has 9 nitrogen and oxygen atoms in total. The van der Waals surface area contributed by atoms with Crippen molar-refractivity contribution in [2.45, 2.75) is 32.7 Å². The highest BCUT2D eigenvalue weighted by Gasteiger charge is 2.32. The van der Waals surface area contributed by atoms with Gasteiger partial charge in [-0.05, 0) is 26.7 Å². The largest absolute Gasteiger partial charge is 0.367 e. The highest BCUT2D eigenvalue weighted by Crippen LogP contribution is 2.25. The molecule has 0 aromatic carbocycles. The number of sulfonamides is 1. The molecule has 1 atom stereocenters. The molecule has 1 saturated heterocycles. The number of aromatic nitrogens is 4. The highest BCUT2D eigenvalue weighted by atomic mass is 35.5. The van der Waals surface area contributed by atoms with Crippen LogP contribution in [-0.2, 0) is 10.0 Å². The number of aromatic amines is 1. The first kappa shape index (κ1) is 18.9. The normalized spacial score (nSPS) is 18.2. The summed E-state index contributed by atoms with van der Waals surface area (Å²) in [5.41, 5.74) is 1.57. The second-order valence-electron chi connectivity index (χ2n) is 6.09. The summed E-state index contributed by atoms with van der Waals surface area (Å²) in [6, 6.07) is -0.0986. The molecule has 0 aliphatic carbocycles. The molecular weight excluding hydrogens is 378 g/mol. The number of H-pyrrole nitrogens is 1. The summed E-state index contributed by atoms with van der Waals surface area (Å²) in [6.07, 6.45) is 4.89. The maximum Gasteiger partial charge on any atom is 0.229 e. The van der Waals surface area contributed by atoms with Crippen LogP contribution in [0.5, 0.6) is 0 Å². The molecule has 1 aliphatic heterocycles. The lowest BCUT2D eigenvalue weighted by Crippen LogP contribution is -2.40. The summed E-state index contributed by atoms with van der Waals surface area (Å²) in [6.45, 7) is 4.53. The standard InChI is InChI=1S/C15H22ClN7O2S/c1-3-26(24,25)23-6-4-5-11(23)7-17-14-12(16)8-18-15(21-14)20-13-9-19-22-10(13)2/h8-9,11H,3-7H2,1-2H3,(H,19,22)(H2,17,18,20,21)/t11-/m1/s1. The van der Waals surface area contributed by atoms with E-state index >= 15 is 0 Å². The van der Waals surface area contributed by atoms with Gasteiger partial charge in [0.2, 0.25) is 16.0 Å². The maximum absolute atomic E-state index is 12.2. The van der Waals surface area contributed by atoms with Gasteiger partial charge in [0.05, 0.1) is 23.3 Å². The second-order valence-corrected chi connectivity index (χ2v) is 8.71. The minimum absolute atomic E-state index is 0.0986. The molecule has 26 heavy (non-hydrogen) atoms. The Morgan fingerprint density at radius 1 is 1.46 bits per heavy atom. The van der Waals surface area contributed by atoms with Crippen molar-refractivity contribution in [1.82, 2.24) is 24.5 Å². The van der Waals surface area contributed by atoms with Crippen molar-refractivity contribution in [3.8, 4) is 0 Å². The predicted octanol–water partition coefficient (Wildman–Crippen LogP) is 2.13. The molecule has 3 N–H and O–H groups in total. The zero-order valence-electron chi connectivity index (χ0n) is 14.7. The summed E-state index contributed by atoms with van der Waals surface area (Å²) < 4.78 is 25.9. The Kier molecular flexibility index (Phi) is 5.64. The average Bonchev–Trinajstić information content (AvgIpc) is 3.25. The fourth-order valence-corrected chi connectivity index (χ4v) is 4.45. The van der Waals surface area contributed by atoms with E-state index in [2.05, 4.69) is 30.8 Å². The summed E-state index contributed by atoms with van der Waals surface area (Å²) in [5, 5.41) is 13.4. The number of anilines is 3. The van der Waals surface area contributed by atoms with Gasteiger partial charge in [0.25, 0.3) is 0 Å². The number of hydrogen-bond donors (Lipinski definition) is 3. The van der Waals surface area contributed by atoms with Crippen molar-refractivity contribution in [1.29, 1.82) is 0 Å². The molecule has 0 radical (unpaired) electrons. The van der Waals surface area contributed by atoms with Gasteiger partial charge in [0.15, 0.2) is 5.82 Å². The lowest BCUT2D eigenvalue weighted by atomic mass is 10.2. The van der Waals surface area contributed by atoms with E-state index in [4.69, 9.17) is 11.6 Å². The molecule has 1 aliphatic rings. The average molecular weight is 400 g/mol. The van der Waals surface area contributed by atoms with E-state index in [-0.39, 0.29) is 11.8 Å². The minimum atomic E-state index is -3.20. The number of nitrogens with one attached hydrogen (secondary N) is 3. The molecule has 0 unspecified atom stereocenters. The summed E-state index contributed by atoms with van der Waals surface area (Å²) in [5.74, 6) is 0.951. The molecule has 0 saturated carbocycles. The Hall–Kier alpha value is -1.91. The van der Waals surface area contributed by atoms with Crippen molar-refractivity contribution in [2.24, 2.45) is 0 Å². The summed E-state index contributed by atoms with van der Waals surface area (Å²) >= 11 is 6.18. The van der Waals surface area contributed by atoms with Crippen LogP contribution in [0.15, 0.2) is 12.4 Å². The third kappa shape index (κ3) is 4.08. The fraction of sp³-hybridized carbons (Fsp3) is 0.533. The monoisotopic (exact) mass is 399 g/mol. The van der Waals surface area contributed by atoms with Gasteiger partial charge < -0.3 is 10.6 Å². The van der Waals surface area contributed by atoms with E-state index in [1.807, 2.05) is 6.92 Å². The molecule has 3 heterocycles. The molecule has 2 aromatic rings. The first-order valence-corrected chi connectivity index (χ1v) is 10.4. The van der Waals surface area contributed by atoms with Crippen LogP contribution in [-0.4, -0.2) is 57.8 Å². The summed E-state index contributed by atoms with van der Waals surface area (Å²) in [4.78, 5) is 8.54. The van der Waals surface area contributed by atoms with Gasteiger partial charge >= 0.3 is 0 Å². The quantitative estimate of drug-likeness (QED) is 0.653. The third-order valence-electron chi connectivity index (χ3n) is 4.37. The number of nitrogens with zero attached hydrogens (tertiary/aromatic N) is 4. The maximum atomic E-state index is 12.2. The van der Waals surface area contributed by atoms with Crippen molar-refractivity contribution in [3.63, 3.8) is 0 Å². The van der Waals surface area contributed by atoms with Crippen LogP contribution in [0.3, 0.4) is 0 Å². The van der Waals surface area contributed by atoms with Crippen LogP contribution in [0.4, 0.5) is 17.5 Å². The van der Waals surface area contributed by atoms with E-state index in [1.54, 1.807) is 17.4 Å². The molecule has 0 bridgehead atoms. The van der Waals surface area contributed by atoms with Crippen LogP contribution < -0.4 is 10.6 Å². The topological polar surface area (TPSA) is 116 Å². The van der Waals surface area contributed by atoms with Crippen LogP contribution >= 0.6 is 11.6 Å². The first-order chi connectivity index (χ1) is 12.4. The van der Waals surface area contributed by atoms with E-state index < -0.39 is 10.0 Å². The van der Waals surface area contributed by atoms with E-state index in [0.717, 1.165) is 24.2 Å². The van der Waals surface area contributed by atoms with Gasteiger partial charge in [-0.2, -0.15) is 14.4 Å². The number of hydrogen-bond acceptors (Lipinski definition) is 7. The van der Waals surface area contributed by atoms with Gasteiger partial charge in [0.1, 0.15) is 5.02 Å². The van der Waals surface area contributed by atoms with Crippen LogP contribution in [0.25, 0.3) is 0 Å². The molecular formula is C15H22ClN7O2S. The number of rotatable bonds is 7. The Morgan fingerprint density at radius 2 is 2.27 bits per heavy atom. The minimum Gasteiger partial charge on any atom is -0.367 e. The Labute approximate surface area is 157 Å². The lowest BCUT2D eigenvalue weighted by Gasteiger charge is -2.24. The molecule has 11 heteroatoms. The number of aryl methyl sites for hydroxylation is 1. The van der Waals surface area contributed by atoms with Crippen molar-refractivity contribution < 1.29 is 8.42 Å². The van der Waals surface area contributed by atoms with E-state index in [0.29, 0.717) is 29.9 Å². The second kappa shape index (κ2) is 7.77. The SMILES string of the molecule is CCS(=O)(=O)N1CCC[C@@H]1CNc1nc(Nc2c[nH]nc2C)ncc1Cl. The lowest BCUT2D eigenvalue weighted by molar-refractivity contribution is 0.399. The molecule has 142 valence electrons. The third-order valence-corrected chi connectivity index (χ3v) is 6.57. The van der Waals surface area contributed by atoms with Crippen LogP contribution in [0.2, 0.25) is 5.02 Å². The van der Waals surface area contributed by atoms with Gasteiger partial charge in [-0.25, -0.2) is 13.4 Å². The van der Waals surface area contributed by atoms with E-state index in [9.17, 15) is 8.42 Å². The van der Waals surface area contributed by atoms with Gasteiger partial charge in [-0.1, -0.05) is 11.6 Å². The first-order valence-electron chi connectivity index (χ1n) is 8.44. The van der Waals surface area contributed by atoms with Crippen molar-refractivity contribution in [3.05, 3.63) is 23.1 Å². The van der Waals surface area contributed by atoms with Gasteiger partial charge in [0, 0.05) is 25.3 Å². The van der Waals surface area contributed by atoms with E-state index in [1.165, 1.54) is 6.20 Å². The molecule has 1 fully saturated rings.